The highest BCUT2D eigenvalue weighted by Gasteiger charge is 2.17. The first-order valence-electron chi connectivity index (χ1n) is 8.08. The quantitative estimate of drug-likeness (QED) is 0.713. The van der Waals surface area contributed by atoms with Gasteiger partial charge in [-0.3, -0.25) is 9.78 Å². The largest absolute Gasteiger partial charge is 0.351 e. The Balaban J connectivity index is 1.67. The molecule has 2 heterocycles. The van der Waals surface area contributed by atoms with Gasteiger partial charge in [0.25, 0.3) is 0 Å². The Bertz CT molecular complexity index is 784. The van der Waals surface area contributed by atoms with Gasteiger partial charge in [0.15, 0.2) is 0 Å². The SMILES string of the molecule is CCC(C(=O)NCc1cncc(-c2cccs2)c1)c1ccccc1. The standard InChI is InChI=1S/C20H20N2OS/c1-2-18(16-7-4-3-5-8-16)20(23)22-13-15-11-17(14-21-12-15)19-9-6-10-24-19/h3-12,14,18H,2,13H2,1H3,(H,22,23). The van der Waals surface area contributed by atoms with Gasteiger partial charge in [-0.1, -0.05) is 43.3 Å². The van der Waals surface area contributed by atoms with Crippen LogP contribution in [-0.4, -0.2) is 10.9 Å². The number of rotatable bonds is 6. The summed E-state index contributed by atoms with van der Waals surface area (Å²) in [5.74, 6) is -0.0511. The average molecular weight is 336 g/mol. The summed E-state index contributed by atoms with van der Waals surface area (Å²) in [5.41, 5.74) is 3.16. The van der Waals surface area contributed by atoms with Gasteiger partial charge >= 0.3 is 0 Å². The van der Waals surface area contributed by atoms with E-state index in [0.717, 1.165) is 23.1 Å². The summed E-state index contributed by atoms with van der Waals surface area (Å²) in [6.07, 6.45) is 4.44. The van der Waals surface area contributed by atoms with Gasteiger partial charge in [-0.25, -0.2) is 0 Å². The topological polar surface area (TPSA) is 42.0 Å². The second-order valence-corrected chi connectivity index (χ2v) is 6.60. The molecule has 4 heteroatoms. The molecule has 1 aromatic carbocycles. The fraction of sp³-hybridized carbons (Fsp3) is 0.200. The van der Waals surface area contributed by atoms with E-state index in [1.54, 1.807) is 17.5 Å². The molecule has 0 saturated heterocycles. The maximum atomic E-state index is 12.5. The average Bonchev–Trinajstić information content (AvgIpc) is 3.16. The van der Waals surface area contributed by atoms with Crippen LogP contribution in [0.25, 0.3) is 10.4 Å². The monoisotopic (exact) mass is 336 g/mol. The minimum Gasteiger partial charge on any atom is -0.351 e. The van der Waals surface area contributed by atoms with E-state index in [9.17, 15) is 4.79 Å². The number of nitrogens with zero attached hydrogens (tertiary/aromatic N) is 1. The van der Waals surface area contributed by atoms with Gasteiger partial charge in [0.1, 0.15) is 0 Å². The molecule has 1 unspecified atom stereocenters. The summed E-state index contributed by atoms with van der Waals surface area (Å²) in [6.45, 7) is 2.53. The first-order chi connectivity index (χ1) is 11.8. The lowest BCUT2D eigenvalue weighted by molar-refractivity contribution is -0.122. The molecule has 122 valence electrons. The number of aromatic nitrogens is 1. The zero-order chi connectivity index (χ0) is 16.8. The molecule has 0 aliphatic heterocycles. The van der Waals surface area contributed by atoms with Gasteiger partial charge in [0.05, 0.1) is 5.92 Å². The van der Waals surface area contributed by atoms with Crippen LogP contribution in [-0.2, 0) is 11.3 Å². The molecule has 2 aromatic heterocycles. The smallest absolute Gasteiger partial charge is 0.227 e. The van der Waals surface area contributed by atoms with E-state index >= 15 is 0 Å². The predicted molar refractivity (Wildman–Crippen MR) is 98.9 cm³/mol. The van der Waals surface area contributed by atoms with Crippen LogP contribution in [0.5, 0.6) is 0 Å². The van der Waals surface area contributed by atoms with Crippen LogP contribution in [0.15, 0.2) is 66.3 Å². The number of carbonyl (C=O) groups excluding carboxylic acids is 1. The molecule has 0 radical (unpaired) electrons. The van der Waals surface area contributed by atoms with Crippen molar-refractivity contribution < 1.29 is 4.79 Å². The normalized spacial score (nSPS) is 11.9. The molecule has 1 amide bonds. The minimum atomic E-state index is -0.111. The van der Waals surface area contributed by atoms with Crippen LogP contribution in [0.1, 0.15) is 30.4 Å². The molecule has 3 rings (SSSR count). The molecular weight excluding hydrogens is 316 g/mol. The number of hydrogen-bond donors (Lipinski definition) is 1. The molecule has 0 fully saturated rings. The molecule has 0 aliphatic rings. The summed E-state index contributed by atoms with van der Waals surface area (Å²) >= 11 is 1.69. The number of carbonyl (C=O) groups is 1. The predicted octanol–water partition coefficient (Wildman–Crippen LogP) is 4.62. The fourth-order valence-corrected chi connectivity index (χ4v) is 3.44. The van der Waals surface area contributed by atoms with Gasteiger partial charge in [-0.05, 0) is 35.1 Å². The molecule has 0 spiro atoms. The van der Waals surface area contributed by atoms with Crippen LogP contribution in [0.4, 0.5) is 0 Å². The van der Waals surface area contributed by atoms with Crippen LogP contribution < -0.4 is 5.32 Å². The summed E-state index contributed by atoms with van der Waals surface area (Å²) in [4.78, 5) is 18.0. The fourth-order valence-electron chi connectivity index (χ4n) is 2.73. The van der Waals surface area contributed by atoms with Crippen molar-refractivity contribution >= 4 is 17.2 Å². The van der Waals surface area contributed by atoms with Crippen molar-refractivity contribution in [1.29, 1.82) is 0 Å². The lowest BCUT2D eigenvalue weighted by Gasteiger charge is -2.15. The Hall–Kier alpha value is -2.46. The Kier molecular flexibility index (Phi) is 5.39. The van der Waals surface area contributed by atoms with E-state index in [1.807, 2.05) is 49.5 Å². The second-order valence-electron chi connectivity index (χ2n) is 5.65. The van der Waals surface area contributed by atoms with Crippen molar-refractivity contribution in [3.8, 4) is 10.4 Å². The summed E-state index contributed by atoms with van der Waals surface area (Å²) in [6, 6.07) is 16.1. The summed E-state index contributed by atoms with van der Waals surface area (Å²) in [7, 11) is 0. The van der Waals surface area contributed by atoms with Crippen molar-refractivity contribution in [2.24, 2.45) is 0 Å². The Morgan fingerprint density at radius 3 is 2.71 bits per heavy atom. The molecule has 24 heavy (non-hydrogen) atoms. The van der Waals surface area contributed by atoms with Crippen LogP contribution in [0, 0.1) is 0 Å². The van der Waals surface area contributed by atoms with E-state index in [2.05, 4.69) is 27.8 Å². The molecular formula is C20H20N2OS. The Morgan fingerprint density at radius 2 is 2.00 bits per heavy atom. The molecule has 0 bridgehead atoms. The summed E-state index contributed by atoms with van der Waals surface area (Å²) in [5, 5.41) is 5.10. The number of benzene rings is 1. The molecule has 3 aromatic rings. The van der Waals surface area contributed by atoms with Gasteiger partial charge in [0, 0.05) is 29.4 Å². The summed E-state index contributed by atoms with van der Waals surface area (Å²) < 4.78 is 0. The number of amides is 1. The van der Waals surface area contributed by atoms with Crippen molar-refractivity contribution in [3.05, 3.63) is 77.4 Å². The zero-order valence-electron chi connectivity index (χ0n) is 13.6. The van der Waals surface area contributed by atoms with Gasteiger partial charge in [0.2, 0.25) is 5.91 Å². The highest BCUT2D eigenvalue weighted by molar-refractivity contribution is 7.13. The Labute approximate surface area is 146 Å². The van der Waals surface area contributed by atoms with Gasteiger partial charge < -0.3 is 5.32 Å². The number of thiophene rings is 1. The van der Waals surface area contributed by atoms with Crippen molar-refractivity contribution in [2.45, 2.75) is 25.8 Å². The maximum absolute atomic E-state index is 12.5. The van der Waals surface area contributed by atoms with E-state index in [-0.39, 0.29) is 11.8 Å². The van der Waals surface area contributed by atoms with E-state index < -0.39 is 0 Å². The highest BCUT2D eigenvalue weighted by Crippen LogP contribution is 2.24. The van der Waals surface area contributed by atoms with E-state index in [1.165, 1.54) is 4.88 Å². The van der Waals surface area contributed by atoms with Crippen LogP contribution in [0.3, 0.4) is 0 Å². The molecule has 1 atom stereocenters. The molecule has 0 aliphatic carbocycles. The molecule has 3 nitrogen and oxygen atoms in total. The second kappa shape index (κ2) is 7.88. The highest BCUT2D eigenvalue weighted by atomic mass is 32.1. The lowest BCUT2D eigenvalue weighted by atomic mass is 9.95. The third kappa shape index (κ3) is 3.89. The lowest BCUT2D eigenvalue weighted by Crippen LogP contribution is -2.28. The first-order valence-corrected chi connectivity index (χ1v) is 8.96. The number of hydrogen-bond acceptors (Lipinski definition) is 3. The van der Waals surface area contributed by atoms with Crippen molar-refractivity contribution in [2.75, 3.05) is 0 Å². The third-order valence-electron chi connectivity index (χ3n) is 3.99. The van der Waals surface area contributed by atoms with E-state index in [4.69, 9.17) is 0 Å². The van der Waals surface area contributed by atoms with Gasteiger partial charge in [-0.15, -0.1) is 11.3 Å². The number of pyridine rings is 1. The molecule has 1 N–H and O–H groups in total. The number of nitrogens with one attached hydrogen (secondary N) is 1. The maximum Gasteiger partial charge on any atom is 0.227 e. The Morgan fingerprint density at radius 1 is 1.17 bits per heavy atom. The minimum absolute atomic E-state index is 0.0604. The zero-order valence-corrected chi connectivity index (χ0v) is 14.4. The molecule has 0 saturated carbocycles. The van der Waals surface area contributed by atoms with Crippen molar-refractivity contribution in [1.82, 2.24) is 10.3 Å². The van der Waals surface area contributed by atoms with Gasteiger partial charge in [-0.2, -0.15) is 0 Å². The van der Waals surface area contributed by atoms with Crippen LogP contribution in [0.2, 0.25) is 0 Å². The van der Waals surface area contributed by atoms with E-state index in [0.29, 0.717) is 6.54 Å². The third-order valence-corrected chi connectivity index (χ3v) is 4.91. The first kappa shape index (κ1) is 16.4. The van der Waals surface area contributed by atoms with Crippen molar-refractivity contribution in [3.63, 3.8) is 0 Å². The van der Waals surface area contributed by atoms with Crippen LogP contribution >= 0.6 is 11.3 Å².